The minimum absolute atomic E-state index is 0.364. The molecule has 1 aromatic heterocycles. The number of hydrogen-bond acceptors (Lipinski definition) is 4. The van der Waals surface area contributed by atoms with Crippen LogP contribution < -0.4 is 10.9 Å². The van der Waals surface area contributed by atoms with E-state index in [0.717, 1.165) is 12.3 Å². The second-order valence-corrected chi connectivity index (χ2v) is 7.66. The number of carbonyl (C=O) groups is 1. The van der Waals surface area contributed by atoms with E-state index in [9.17, 15) is 31.2 Å². The minimum atomic E-state index is -4.82. The summed E-state index contributed by atoms with van der Waals surface area (Å²) in [6.07, 6.45) is -3.83. The van der Waals surface area contributed by atoms with Crippen LogP contribution in [0.25, 0.3) is 0 Å². The fourth-order valence-corrected chi connectivity index (χ4v) is 3.28. The smallest absolute Gasteiger partial charge is 0.345 e. The summed E-state index contributed by atoms with van der Waals surface area (Å²) in [5, 5.41) is 2.35. The maximum absolute atomic E-state index is 12.5. The topological polar surface area (TPSA) is 96.1 Å². The van der Waals surface area contributed by atoms with Gasteiger partial charge in [-0.05, 0) is 26.0 Å². The van der Waals surface area contributed by atoms with Crippen LogP contribution in [0.1, 0.15) is 29.9 Å². The Bertz CT molecular complexity index is 735. The average molecular weight is 340 g/mol. The molecule has 0 atom stereocenters. The Morgan fingerprint density at radius 1 is 1.27 bits per heavy atom. The number of H-pyrrole nitrogens is 1. The van der Waals surface area contributed by atoms with Gasteiger partial charge < -0.3 is 10.3 Å². The highest BCUT2D eigenvalue weighted by molar-refractivity contribution is 7.90. The molecule has 0 aliphatic rings. The number of amides is 1. The highest BCUT2D eigenvalue weighted by atomic mass is 32.2. The van der Waals surface area contributed by atoms with Gasteiger partial charge in [-0.15, -0.1) is 0 Å². The van der Waals surface area contributed by atoms with Gasteiger partial charge in [0.05, 0.1) is 5.75 Å². The number of hydrogen-bond donors (Lipinski definition) is 2. The molecule has 0 aliphatic carbocycles. The van der Waals surface area contributed by atoms with Crippen molar-refractivity contribution in [1.82, 2.24) is 10.3 Å². The quantitative estimate of drug-likeness (QED) is 0.853. The lowest BCUT2D eigenvalue weighted by atomic mass is 10.1. The fourth-order valence-electron chi connectivity index (χ4n) is 1.90. The van der Waals surface area contributed by atoms with Crippen LogP contribution in [0.2, 0.25) is 0 Å². The van der Waals surface area contributed by atoms with Crippen LogP contribution >= 0.6 is 0 Å². The van der Waals surface area contributed by atoms with Gasteiger partial charge in [-0.3, -0.25) is 9.59 Å². The van der Waals surface area contributed by atoms with Gasteiger partial charge in [-0.2, -0.15) is 13.2 Å². The number of rotatable bonds is 4. The van der Waals surface area contributed by atoms with Crippen LogP contribution in [0.4, 0.5) is 13.2 Å². The van der Waals surface area contributed by atoms with Gasteiger partial charge in [0.25, 0.3) is 11.5 Å². The third kappa shape index (κ3) is 5.17. The standard InChI is InChI=1S/C12H15F3N2O4S/c1-11(2,6-22(3,20)21)17-10(19)8-5-4-7(9(18)16-8)12(13,14)15/h4-5H,6H2,1-3H3,(H,16,18)(H,17,19). The van der Waals surface area contributed by atoms with Crippen molar-refractivity contribution < 1.29 is 26.4 Å². The van der Waals surface area contributed by atoms with E-state index >= 15 is 0 Å². The first-order valence-corrected chi connectivity index (χ1v) is 8.08. The Morgan fingerprint density at radius 2 is 1.82 bits per heavy atom. The number of alkyl halides is 3. The highest BCUT2D eigenvalue weighted by Gasteiger charge is 2.34. The molecule has 1 aromatic rings. The van der Waals surface area contributed by atoms with Crippen LogP contribution in [-0.4, -0.2) is 36.9 Å². The second-order valence-electron chi connectivity index (χ2n) is 5.52. The lowest BCUT2D eigenvalue weighted by molar-refractivity contribution is -0.138. The summed E-state index contributed by atoms with van der Waals surface area (Å²) in [6, 6.07) is 1.31. The first kappa shape index (κ1) is 18.2. The van der Waals surface area contributed by atoms with Gasteiger partial charge in [0.1, 0.15) is 21.1 Å². The Kier molecular flexibility index (Phi) is 4.76. The van der Waals surface area contributed by atoms with Crippen molar-refractivity contribution in [3.8, 4) is 0 Å². The van der Waals surface area contributed by atoms with Crippen LogP contribution in [0, 0.1) is 0 Å². The van der Waals surface area contributed by atoms with Crippen molar-refractivity contribution in [2.24, 2.45) is 0 Å². The van der Waals surface area contributed by atoms with Gasteiger partial charge in [-0.1, -0.05) is 0 Å². The van der Waals surface area contributed by atoms with Crippen molar-refractivity contribution in [3.05, 3.63) is 33.7 Å². The third-order valence-corrected chi connectivity index (χ3v) is 3.78. The van der Waals surface area contributed by atoms with E-state index in [0.29, 0.717) is 6.07 Å². The molecule has 0 bridgehead atoms. The molecule has 0 unspecified atom stereocenters. The van der Waals surface area contributed by atoms with E-state index < -0.39 is 38.6 Å². The summed E-state index contributed by atoms with van der Waals surface area (Å²) in [5.41, 5.74) is -4.40. The second kappa shape index (κ2) is 5.75. The van der Waals surface area contributed by atoms with Crippen LogP contribution in [-0.2, 0) is 16.0 Å². The normalized spacial score (nSPS) is 13.0. The van der Waals surface area contributed by atoms with Gasteiger partial charge in [0, 0.05) is 11.8 Å². The third-order valence-electron chi connectivity index (χ3n) is 2.53. The van der Waals surface area contributed by atoms with Gasteiger partial charge in [-0.25, -0.2) is 8.42 Å². The van der Waals surface area contributed by atoms with E-state index in [-0.39, 0.29) is 11.4 Å². The molecule has 1 rings (SSSR count). The number of pyridine rings is 1. The Balaban J connectivity index is 3.01. The first-order chi connectivity index (χ1) is 9.71. The molecule has 0 saturated heterocycles. The first-order valence-electron chi connectivity index (χ1n) is 6.02. The minimum Gasteiger partial charge on any atom is -0.345 e. The van der Waals surface area contributed by atoms with E-state index in [1.807, 2.05) is 4.98 Å². The molecule has 0 spiro atoms. The molecule has 0 saturated carbocycles. The van der Waals surface area contributed by atoms with Gasteiger partial charge >= 0.3 is 6.18 Å². The SMILES string of the molecule is CC(C)(CS(C)(=O)=O)NC(=O)c1ccc(C(F)(F)F)c(=O)[nH]1. The number of sulfone groups is 1. The van der Waals surface area contributed by atoms with E-state index in [1.54, 1.807) is 0 Å². The van der Waals surface area contributed by atoms with E-state index in [1.165, 1.54) is 13.8 Å². The number of halogens is 3. The Hall–Kier alpha value is -1.84. The van der Waals surface area contributed by atoms with Crippen LogP contribution in [0.5, 0.6) is 0 Å². The average Bonchev–Trinajstić information content (AvgIpc) is 2.22. The van der Waals surface area contributed by atoms with Crippen LogP contribution in [0.3, 0.4) is 0 Å². The predicted octanol–water partition coefficient (Wildman–Crippen LogP) is 0.947. The molecule has 1 heterocycles. The van der Waals surface area contributed by atoms with E-state index in [2.05, 4.69) is 5.32 Å². The molecule has 2 N–H and O–H groups in total. The van der Waals surface area contributed by atoms with Crippen molar-refractivity contribution >= 4 is 15.7 Å². The van der Waals surface area contributed by atoms with Gasteiger partial charge in [0.15, 0.2) is 0 Å². The van der Waals surface area contributed by atoms with Gasteiger partial charge in [0.2, 0.25) is 0 Å². The zero-order valence-corrected chi connectivity index (χ0v) is 12.9. The largest absolute Gasteiger partial charge is 0.421 e. The van der Waals surface area contributed by atoms with Crippen molar-refractivity contribution in [3.63, 3.8) is 0 Å². The van der Waals surface area contributed by atoms with Crippen LogP contribution in [0.15, 0.2) is 16.9 Å². The number of aromatic amines is 1. The fraction of sp³-hybridized carbons (Fsp3) is 0.500. The summed E-state index contributed by atoms with van der Waals surface area (Å²) in [7, 11) is -3.38. The monoisotopic (exact) mass is 340 g/mol. The summed E-state index contributed by atoms with van der Waals surface area (Å²) >= 11 is 0. The summed E-state index contributed by atoms with van der Waals surface area (Å²) in [5.74, 6) is -1.24. The maximum Gasteiger partial charge on any atom is 0.421 e. The highest BCUT2D eigenvalue weighted by Crippen LogP contribution is 2.26. The maximum atomic E-state index is 12.5. The van der Waals surface area contributed by atoms with E-state index in [4.69, 9.17) is 0 Å². The van der Waals surface area contributed by atoms with Crippen molar-refractivity contribution in [2.45, 2.75) is 25.6 Å². The zero-order valence-electron chi connectivity index (χ0n) is 12.0. The molecule has 0 radical (unpaired) electrons. The molecule has 0 aromatic carbocycles. The van der Waals surface area contributed by atoms with Crippen molar-refractivity contribution in [2.75, 3.05) is 12.0 Å². The number of nitrogens with one attached hydrogen (secondary N) is 2. The number of carbonyl (C=O) groups excluding carboxylic acids is 1. The lowest BCUT2D eigenvalue weighted by Gasteiger charge is -2.25. The molecule has 124 valence electrons. The molecule has 6 nitrogen and oxygen atoms in total. The summed E-state index contributed by atoms with van der Waals surface area (Å²) in [6.45, 7) is 2.88. The lowest BCUT2D eigenvalue weighted by Crippen LogP contribution is -2.48. The molecule has 10 heteroatoms. The molecule has 0 aliphatic heterocycles. The summed E-state index contributed by atoms with van der Waals surface area (Å²) < 4.78 is 59.8. The summed E-state index contributed by atoms with van der Waals surface area (Å²) in [4.78, 5) is 25.1. The Labute approximate surface area is 124 Å². The predicted molar refractivity (Wildman–Crippen MR) is 73.3 cm³/mol. The molecule has 22 heavy (non-hydrogen) atoms. The molecule has 1 amide bonds. The molecular formula is C12H15F3N2O4S. The molecular weight excluding hydrogens is 325 g/mol. The number of aromatic nitrogens is 1. The zero-order chi connectivity index (χ0) is 17.3. The van der Waals surface area contributed by atoms with Crippen molar-refractivity contribution in [1.29, 1.82) is 0 Å². The Morgan fingerprint density at radius 3 is 2.23 bits per heavy atom. The molecule has 0 fully saturated rings.